The fraction of sp³-hybridized carbons (Fsp3) is 0.227. The number of nitrogens with one attached hydrogen (secondary N) is 1. The van der Waals surface area contributed by atoms with Crippen LogP contribution in [0.1, 0.15) is 23.4 Å². The largest absolute Gasteiger partial charge is 0.460 e. The third-order valence-corrected chi connectivity index (χ3v) is 4.13. The molecule has 1 amide bonds. The second-order valence-corrected chi connectivity index (χ2v) is 6.41. The summed E-state index contributed by atoms with van der Waals surface area (Å²) in [7, 11) is 0. The van der Waals surface area contributed by atoms with Gasteiger partial charge in [-0.05, 0) is 12.5 Å². The van der Waals surface area contributed by atoms with Crippen LogP contribution in [0.5, 0.6) is 0 Å². The second kappa shape index (κ2) is 9.50. The highest BCUT2D eigenvalue weighted by Gasteiger charge is 2.11. The lowest BCUT2D eigenvalue weighted by Gasteiger charge is -2.06. The van der Waals surface area contributed by atoms with Gasteiger partial charge in [-0.1, -0.05) is 60.2 Å². The first-order valence-corrected chi connectivity index (χ1v) is 9.08. The molecule has 3 aromatic rings. The first-order valence-electron chi connectivity index (χ1n) is 9.08. The molecule has 28 heavy (non-hydrogen) atoms. The molecule has 0 bridgehead atoms. The van der Waals surface area contributed by atoms with Crippen LogP contribution in [0.25, 0.3) is 11.3 Å². The zero-order valence-corrected chi connectivity index (χ0v) is 15.7. The highest BCUT2D eigenvalue weighted by atomic mass is 16.5. The van der Waals surface area contributed by atoms with Gasteiger partial charge in [-0.2, -0.15) is 0 Å². The van der Waals surface area contributed by atoms with E-state index in [9.17, 15) is 9.59 Å². The van der Waals surface area contributed by atoms with Crippen molar-refractivity contribution in [3.63, 3.8) is 0 Å². The van der Waals surface area contributed by atoms with E-state index in [2.05, 4.69) is 10.3 Å². The van der Waals surface area contributed by atoms with Gasteiger partial charge in [0.2, 0.25) is 5.91 Å². The summed E-state index contributed by atoms with van der Waals surface area (Å²) in [4.78, 5) is 27.8. The Labute approximate surface area is 163 Å². The number of hydrogen-bond donors (Lipinski definition) is 1. The Balaban J connectivity index is 1.38. The third kappa shape index (κ3) is 5.81. The van der Waals surface area contributed by atoms with Crippen molar-refractivity contribution in [2.75, 3.05) is 6.54 Å². The van der Waals surface area contributed by atoms with E-state index in [4.69, 9.17) is 9.15 Å². The van der Waals surface area contributed by atoms with Crippen molar-refractivity contribution in [1.82, 2.24) is 10.3 Å². The van der Waals surface area contributed by atoms with Gasteiger partial charge in [0.05, 0.1) is 6.20 Å². The number of carbonyl (C=O) groups excluding carboxylic acids is 2. The van der Waals surface area contributed by atoms with Crippen molar-refractivity contribution in [2.45, 2.75) is 26.4 Å². The Bertz CT molecular complexity index is 917. The molecule has 0 fully saturated rings. The zero-order chi connectivity index (χ0) is 19.8. The lowest BCUT2D eigenvalue weighted by Crippen LogP contribution is -2.30. The number of carbonyl (C=O) groups is 2. The van der Waals surface area contributed by atoms with E-state index >= 15 is 0 Å². The summed E-state index contributed by atoms with van der Waals surface area (Å²) in [6, 6.07) is 17.3. The number of nitrogens with zero attached hydrogens (tertiary/aromatic N) is 1. The Morgan fingerprint density at radius 3 is 2.57 bits per heavy atom. The number of oxazole rings is 1. The third-order valence-electron chi connectivity index (χ3n) is 4.13. The number of amides is 1. The monoisotopic (exact) mass is 378 g/mol. The first kappa shape index (κ1) is 19.4. The van der Waals surface area contributed by atoms with Crippen molar-refractivity contribution in [1.29, 1.82) is 0 Å². The Morgan fingerprint density at radius 2 is 1.82 bits per heavy atom. The number of benzene rings is 2. The summed E-state index contributed by atoms with van der Waals surface area (Å²) in [5.74, 6) is 0.416. The van der Waals surface area contributed by atoms with Gasteiger partial charge in [-0.3, -0.25) is 9.59 Å². The predicted octanol–water partition coefficient (Wildman–Crippen LogP) is 3.44. The molecule has 3 rings (SSSR count). The Kier molecular flexibility index (Phi) is 6.57. The minimum absolute atomic E-state index is 0.161. The van der Waals surface area contributed by atoms with E-state index in [-0.39, 0.29) is 25.5 Å². The normalized spacial score (nSPS) is 10.5. The summed E-state index contributed by atoms with van der Waals surface area (Å²) >= 11 is 0. The molecule has 6 nitrogen and oxygen atoms in total. The van der Waals surface area contributed by atoms with Crippen LogP contribution >= 0.6 is 0 Å². The van der Waals surface area contributed by atoms with Gasteiger partial charge in [0, 0.05) is 18.4 Å². The molecule has 1 heterocycles. The molecule has 0 aliphatic rings. The van der Waals surface area contributed by atoms with E-state index in [1.165, 1.54) is 5.56 Å². The van der Waals surface area contributed by atoms with Crippen LogP contribution in [-0.2, 0) is 27.4 Å². The van der Waals surface area contributed by atoms with Gasteiger partial charge in [0.15, 0.2) is 11.7 Å². The van der Waals surface area contributed by atoms with Crippen LogP contribution in [0, 0.1) is 6.92 Å². The number of esters is 1. The number of hydrogen-bond acceptors (Lipinski definition) is 5. The maximum absolute atomic E-state index is 11.9. The van der Waals surface area contributed by atoms with Crippen LogP contribution in [0.2, 0.25) is 0 Å². The van der Waals surface area contributed by atoms with Crippen LogP contribution in [0.4, 0.5) is 0 Å². The highest BCUT2D eigenvalue weighted by molar-refractivity contribution is 5.81. The maximum atomic E-state index is 11.9. The van der Waals surface area contributed by atoms with Crippen molar-refractivity contribution in [2.24, 2.45) is 0 Å². The minimum atomic E-state index is -0.477. The van der Waals surface area contributed by atoms with E-state index in [0.717, 1.165) is 11.1 Å². The van der Waals surface area contributed by atoms with Gasteiger partial charge < -0.3 is 14.5 Å². The predicted molar refractivity (Wildman–Crippen MR) is 104 cm³/mol. The molecule has 0 radical (unpaired) electrons. The van der Waals surface area contributed by atoms with Crippen LogP contribution < -0.4 is 5.32 Å². The first-order chi connectivity index (χ1) is 13.6. The van der Waals surface area contributed by atoms with E-state index in [0.29, 0.717) is 18.1 Å². The molecule has 0 saturated heterocycles. The topological polar surface area (TPSA) is 81.4 Å². The van der Waals surface area contributed by atoms with E-state index in [1.54, 1.807) is 6.20 Å². The average Bonchev–Trinajstić information content (AvgIpc) is 3.19. The summed E-state index contributed by atoms with van der Waals surface area (Å²) < 4.78 is 10.8. The van der Waals surface area contributed by atoms with Gasteiger partial charge in [-0.25, -0.2) is 4.98 Å². The van der Waals surface area contributed by atoms with Crippen molar-refractivity contribution in [3.8, 4) is 11.3 Å². The molecular formula is C22H22N2O4. The van der Waals surface area contributed by atoms with E-state index in [1.807, 2.05) is 61.5 Å². The number of ether oxygens (including phenoxy) is 1. The molecule has 0 aliphatic heterocycles. The van der Waals surface area contributed by atoms with Gasteiger partial charge in [0.1, 0.15) is 13.2 Å². The molecule has 1 aromatic heterocycles. The Hall–Kier alpha value is -3.41. The minimum Gasteiger partial charge on any atom is -0.460 e. The van der Waals surface area contributed by atoms with Crippen LogP contribution in [0.15, 0.2) is 65.2 Å². The van der Waals surface area contributed by atoms with Crippen LogP contribution in [0.3, 0.4) is 0 Å². The SMILES string of the molecule is Cc1ccc(-c2cnc(CCC(=O)NCC(=O)OCc3ccccc3)o2)cc1. The summed E-state index contributed by atoms with van der Waals surface area (Å²) in [6.45, 7) is 2.05. The molecule has 0 spiro atoms. The van der Waals surface area contributed by atoms with Gasteiger partial charge in [0.25, 0.3) is 0 Å². The van der Waals surface area contributed by atoms with Crippen molar-refractivity contribution in [3.05, 3.63) is 77.8 Å². The molecule has 6 heteroatoms. The maximum Gasteiger partial charge on any atom is 0.325 e. The fourth-order valence-corrected chi connectivity index (χ4v) is 2.55. The second-order valence-electron chi connectivity index (χ2n) is 6.41. The zero-order valence-electron chi connectivity index (χ0n) is 15.7. The summed E-state index contributed by atoms with van der Waals surface area (Å²) in [6.07, 6.45) is 2.19. The molecule has 0 aliphatic carbocycles. The molecule has 144 valence electrons. The number of rotatable bonds is 8. The van der Waals surface area contributed by atoms with Gasteiger partial charge >= 0.3 is 5.97 Å². The van der Waals surface area contributed by atoms with Gasteiger partial charge in [-0.15, -0.1) is 0 Å². The molecule has 2 aromatic carbocycles. The number of aromatic nitrogens is 1. The van der Waals surface area contributed by atoms with E-state index < -0.39 is 5.97 Å². The highest BCUT2D eigenvalue weighted by Crippen LogP contribution is 2.21. The molecule has 0 saturated carbocycles. The lowest BCUT2D eigenvalue weighted by atomic mass is 10.1. The molecular weight excluding hydrogens is 356 g/mol. The molecule has 0 unspecified atom stereocenters. The van der Waals surface area contributed by atoms with Crippen molar-refractivity contribution >= 4 is 11.9 Å². The molecule has 1 N–H and O–H groups in total. The standard InChI is InChI=1S/C22H22N2O4/c1-16-7-9-18(10-8-16)19-13-24-21(28-19)12-11-20(25)23-14-22(26)27-15-17-5-3-2-4-6-17/h2-10,13H,11-12,14-15H2,1H3,(H,23,25). The summed E-state index contributed by atoms with van der Waals surface area (Å²) in [5, 5.41) is 2.55. The lowest BCUT2D eigenvalue weighted by molar-refractivity contribution is -0.145. The van der Waals surface area contributed by atoms with Crippen LogP contribution in [-0.4, -0.2) is 23.4 Å². The molecule has 0 atom stereocenters. The number of aryl methyl sites for hydroxylation is 2. The quantitative estimate of drug-likeness (QED) is 0.607. The summed E-state index contributed by atoms with van der Waals surface area (Å²) in [5.41, 5.74) is 3.01. The fourth-order valence-electron chi connectivity index (χ4n) is 2.55. The Morgan fingerprint density at radius 1 is 1.07 bits per heavy atom. The van der Waals surface area contributed by atoms with Crippen molar-refractivity contribution < 1.29 is 18.7 Å². The smallest absolute Gasteiger partial charge is 0.325 e. The average molecular weight is 378 g/mol.